The van der Waals surface area contributed by atoms with Crippen LogP contribution in [0.1, 0.15) is 11.1 Å². The highest BCUT2D eigenvalue weighted by molar-refractivity contribution is 5.50. The predicted octanol–water partition coefficient (Wildman–Crippen LogP) is 2.41. The molecular formula is C15H18F3NO2. The van der Waals surface area contributed by atoms with Crippen LogP contribution in [0.25, 0.3) is 6.08 Å². The number of halogens is 3. The van der Waals surface area contributed by atoms with Crippen molar-refractivity contribution in [1.29, 1.82) is 0 Å². The van der Waals surface area contributed by atoms with E-state index in [1.165, 1.54) is 12.1 Å². The molecule has 1 aliphatic rings. The number of alkyl halides is 3. The van der Waals surface area contributed by atoms with Gasteiger partial charge in [-0.2, -0.15) is 13.2 Å². The molecule has 1 saturated heterocycles. The average molecular weight is 301 g/mol. The van der Waals surface area contributed by atoms with Crippen molar-refractivity contribution >= 4 is 6.08 Å². The number of aliphatic hydroxyl groups is 1. The van der Waals surface area contributed by atoms with Crippen molar-refractivity contribution in [3.63, 3.8) is 0 Å². The second-order valence-electron chi connectivity index (χ2n) is 4.96. The molecule has 0 amide bonds. The molecule has 0 saturated carbocycles. The zero-order chi connectivity index (χ0) is 15.3. The first-order valence-electron chi connectivity index (χ1n) is 6.79. The smallest absolute Gasteiger partial charge is 0.388 e. The number of morpholine rings is 1. The van der Waals surface area contributed by atoms with Crippen LogP contribution in [0.5, 0.6) is 0 Å². The SMILES string of the molecule is OC(/C=C\c1ccc(C(F)(F)F)cc1)CN1CCOCC1. The van der Waals surface area contributed by atoms with Gasteiger partial charge in [0.1, 0.15) is 0 Å². The normalized spacial score (nSPS) is 19.0. The van der Waals surface area contributed by atoms with Crippen LogP contribution in [0.4, 0.5) is 13.2 Å². The van der Waals surface area contributed by atoms with Gasteiger partial charge in [0.05, 0.1) is 24.9 Å². The van der Waals surface area contributed by atoms with Gasteiger partial charge in [0.15, 0.2) is 0 Å². The summed E-state index contributed by atoms with van der Waals surface area (Å²) in [5.41, 5.74) is -0.0439. The van der Waals surface area contributed by atoms with E-state index < -0.39 is 17.8 Å². The Hall–Kier alpha value is -1.37. The molecule has 1 fully saturated rings. The summed E-state index contributed by atoms with van der Waals surface area (Å²) in [5, 5.41) is 9.90. The Labute approximate surface area is 121 Å². The molecule has 3 nitrogen and oxygen atoms in total. The van der Waals surface area contributed by atoms with E-state index in [1.807, 2.05) is 0 Å². The van der Waals surface area contributed by atoms with Gasteiger partial charge in [-0.3, -0.25) is 4.90 Å². The van der Waals surface area contributed by atoms with Crippen molar-refractivity contribution < 1.29 is 23.0 Å². The zero-order valence-corrected chi connectivity index (χ0v) is 11.5. The molecule has 1 unspecified atom stereocenters. The van der Waals surface area contributed by atoms with E-state index in [2.05, 4.69) is 4.90 Å². The third-order valence-electron chi connectivity index (χ3n) is 3.30. The maximum Gasteiger partial charge on any atom is 0.416 e. The van der Waals surface area contributed by atoms with E-state index in [0.29, 0.717) is 25.3 Å². The Morgan fingerprint density at radius 2 is 1.81 bits per heavy atom. The van der Waals surface area contributed by atoms with Crippen molar-refractivity contribution in [2.24, 2.45) is 0 Å². The second kappa shape index (κ2) is 7.06. The van der Waals surface area contributed by atoms with Crippen LogP contribution >= 0.6 is 0 Å². The fourth-order valence-corrected chi connectivity index (χ4v) is 2.11. The number of rotatable bonds is 4. The fourth-order valence-electron chi connectivity index (χ4n) is 2.11. The maximum absolute atomic E-state index is 12.4. The summed E-state index contributed by atoms with van der Waals surface area (Å²) in [4.78, 5) is 2.09. The summed E-state index contributed by atoms with van der Waals surface area (Å²) in [6, 6.07) is 4.85. The van der Waals surface area contributed by atoms with Crippen molar-refractivity contribution in [2.45, 2.75) is 12.3 Å². The van der Waals surface area contributed by atoms with Crippen LogP contribution in [-0.4, -0.2) is 49.0 Å². The first-order valence-corrected chi connectivity index (χ1v) is 6.79. The highest BCUT2D eigenvalue weighted by Gasteiger charge is 2.29. The largest absolute Gasteiger partial charge is 0.416 e. The quantitative estimate of drug-likeness (QED) is 0.927. The first kappa shape index (κ1) is 16.0. The van der Waals surface area contributed by atoms with Crippen LogP contribution in [-0.2, 0) is 10.9 Å². The molecule has 0 aliphatic carbocycles. The Morgan fingerprint density at radius 3 is 2.38 bits per heavy atom. The number of nitrogens with zero attached hydrogens (tertiary/aromatic N) is 1. The summed E-state index contributed by atoms with van der Waals surface area (Å²) in [5.74, 6) is 0. The standard InChI is InChI=1S/C15H18F3NO2/c16-15(17,18)13-4-1-12(2-5-13)3-6-14(20)11-19-7-9-21-10-8-19/h1-6,14,20H,7-11H2/b6-3-. The molecule has 6 heteroatoms. The first-order chi connectivity index (χ1) is 9.95. The van der Waals surface area contributed by atoms with Crippen molar-refractivity contribution in [2.75, 3.05) is 32.8 Å². The lowest BCUT2D eigenvalue weighted by Gasteiger charge is -2.27. The lowest BCUT2D eigenvalue weighted by Crippen LogP contribution is -2.40. The van der Waals surface area contributed by atoms with Crippen LogP contribution in [0.15, 0.2) is 30.3 Å². The van der Waals surface area contributed by atoms with Gasteiger partial charge in [-0.1, -0.05) is 24.3 Å². The van der Waals surface area contributed by atoms with E-state index in [1.54, 1.807) is 12.2 Å². The summed E-state index contributed by atoms with van der Waals surface area (Å²) in [6.45, 7) is 3.39. The van der Waals surface area contributed by atoms with Gasteiger partial charge in [-0.15, -0.1) is 0 Å². The van der Waals surface area contributed by atoms with E-state index in [-0.39, 0.29) is 0 Å². The zero-order valence-electron chi connectivity index (χ0n) is 11.5. The lowest BCUT2D eigenvalue weighted by molar-refractivity contribution is -0.137. The number of benzene rings is 1. The molecule has 116 valence electrons. The van der Waals surface area contributed by atoms with E-state index >= 15 is 0 Å². The summed E-state index contributed by atoms with van der Waals surface area (Å²) in [7, 11) is 0. The molecular weight excluding hydrogens is 283 g/mol. The molecule has 1 aliphatic heterocycles. The highest BCUT2D eigenvalue weighted by atomic mass is 19.4. The fraction of sp³-hybridized carbons (Fsp3) is 0.467. The number of hydrogen-bond donors (Lipinski definition) is 1. The molecule has 2 rings (SSSR count). The van der Waals surface area contributed by atoms with Gasteiger partial charge in [-0.05, 0) is 17.7 Å². The molecule has 0 bridgehead atoms. The Morgan fingerprint density at radius 1 is 1.19 bits per heavy atom. The van der Waals surface area contributed by atoms with Crippen molar-refractivity contribution in [3.8, 4) is 0 Å². The van der Waals surface area contributed by atoms with Crippen LogP contribution in [0.2, 0.25) is 0 Å². The molecule has 1 aromatic rings. The van der Waals surface area contributed by atoms with Gasteiger partial charge in [0, 0.05) is 19.6 Å². The number of β-amino-alcohol motifs (C(OH)–C–C–N with tert-alkyl or cyclic N) is 1. The number of hydrogen-bond acceptors (Lipinski definition) is 3. The topological polar surface area (TPSA) is 32.7 Å². The van der Waals surface area contributed by atoms with E-state index in [4.69, 9.17) is 4.74 Å². The second-order valence-corrected chi connectivity index (χ2v) is 4.96. The monoisotopic (exact) mass is 301 g/mol. The Bertz CT molecular complexity index is 465. The molecule has 1 heterocycles. The van der Waals surface area contributed by atoms with Crippen LogP contribution < -0.4 is 0 Å². The van der Waals surface area contributed by atoms with Crippen LogP contribution in [0, 0.1) is 0 Å². The Kier molecular flexibility index (Phi) is 5.39. The molecule has 1 atom stereocenters. The van der Waals surface area contributed by atoms with Gasteiger partial charge in [0.25, 0.3) is 0 Å². The summed E-state index contributed by atoms with van der Waals surface area (Å²) < 4.78 is 42.5. The minimum atomic E-state index is -4.32. The van der Waals surface area contributed by atoms with Gasteiger partial charge in [-0.25, -0.2) is 0 Å². The third kappa shape index (κ3) is 5.15. The highest BCUT2D eigenvalue weighted by Crippen LogP contribution is 2.29. The molecule has 0 radical (unpaired) electrons. The van der Waals surface area contributed by atoms with Gasteiger partial charge < -0.3 is 9.84 Å². The lowest BCUT2D eigenvalue weighted by atomic mass is 10.1. The minimum absolute atomic E-state index is 0.500. The molecule has 0 aromatic heterocycles. The third-order valence-corrected chi connectivity index (χ3v) is 3.30. The summed E-state index contributed by atoms with van der Waals surface area (Å²) in [6.07, 6.45) is -1.74. The van der Waals surface area contributed by atoms with Gasteiger partial charge in [0.2, 0.25) is 0 Å². The average Bonchev–Trinajstić information content (AvgIpc) is 2.46. The predicted molar refractivity (Wildman–Crippen MR) is 73.7 cm³/mol. The molecule has 0 spiro atoms. The molecule has 1 N–H and O–H groups in total. The van der Waals surface area contributed by atoms with Crippen molar-refractivity contribution in [1.82, 2.24) is 4.90 Å². The summed E-state index contributed by atoms with van der Waals surface area (Å²) >= 11 is 0. The number of aliphatic hydroxyl groups excluding tert-OH is 1. The van der Waals surface area contributed by atoms with Crippen LogP contribution in [0.3, 0.4) is 0 Å². The van der Waals surface area contributed by atoms with E-state index in [0.717, 1.165) is 25.2 Å². The molecule has 21 heavy (non-hydrogen) atoms. The minimum Gasteiger partial charge on any atom is -0.388 e. The van der Waals surface area contributed by atoms with Gasteiger partial charge >= 0.3 is 6.18 Å². The molecule has 1 aromatic carbocycles. The van der Waals surface area contributed by atoms with E-state index in [9.17, 15) is 18.3 Å². The maximum atomic E-state index is 12.4. The van der Waals surface area contributed by atoms with Crippen molar-refractivity contribution in [3.05, 3.63) is 41.5 Å². The number of ether oxygens (including phenoxy) is 1. The Balaban J connectivity index is 1.88.